The summed E-state index contributed by atoms with van der Waals surface area (Å²) in [6, 6.07) is 6.89. The number of nitrogens with zero attached hydrogens (tertiary/aromatic N) is 2. The van der Waals surface area contributed by atoms with Crippen molar-refractivity contribution >= 4 is 0 Å². The maximum atomic E-state index is 13.3. The van der Waals surface area contributed by atoms with Crippen molar-refractivity contribution in [3.05, 3.63) is 35.1 Å². The van der Waals surface area contributed by atoms with E-state index in [9.17, 15) is 4.39 Å². The summed E-state index contributed by atoms with van der Waals surface area (Å²) in [5.74, 6) is 0.202. The maximum absolute atomic E-state index is 13.3. The van der Waals surface area contributed by atoms with Gasteiger partial charge in [0.15, 0.2) is 0 Å². The van der Waals surface area contributed by atoms with E-state index in [1.165, 1.54) is 12.1 Å². The van der Waals surface area contributed by atoms with Crippen molar-refractivity contribution < 1.29 is 4.39 Å². The zero-order valence-electron chi connectivity index (χ0n) is 10.9. The fourth-order valence-corrected chi connectivity index (χ4v) is 1.75. The number of hydrogen-bond acceptors (Lipinski definition) is 2. The molecule has 0 fully saturated rings. The predicted octanol–water partition coefficient (Wildman–Crippen LogP) is 3.17. The van der Waals surface area contributed by atoms with E-state index in [1.807, 2.05) is 13.1 Å². The van der Waals surface area contributed by atoms with Crippen LogP contribution in [-0.2, 0) is 6.54 Å². The number of nitriles is 1. The monoisotopic (exact) mass is 234 g/mol. The zero-order chi connectivity index (χ0) is 13.0. The molecule has 0 spiro atoms. The van der Waals surface area contributed by atoms with Crippen LogP contribution < -0.4 is 0 Å². The Labute approximate surface area is 103 Å². The van der Waals surface area contributed by atoms with Crippen molar-refractivity contribution in [2.75, 3.05) is 7.05 Å². The summed E-state index contributed by atoms with van der Waals surface area (Å²) in [5, 5.41) is 8.79. The molecule has 92 valence electrons. The molecular weight excluding hydrogens is 215 g/mol. The molecule has 1 rings (SSSR count). The highest BCUT2D eigenvalue weighted by Gasteiger charge is 2.13. The summed E-state index contributed by atoms with van der Waals surface area (Å²) in [6.07, 6.45) is 0. The first-order chi connectivity index (χ1) is 7.93. The molecule has 0 bridgehead atoms. The maximum Gasteiger partial charge on any atom is 0.124 e. The molecule has 1 unspecified atom stereocenters. The van der Waals surface area contributed by atoms with Gasteiger partial charge in [0.05, 0.1) is 11.6 Å². The Kier molecular flexibility index (Phi) is 4.65. The molecule has 0 radical (unpaired) electrons. The lowest BCUT2D eigenvalue weighted by atomic mass is 10.0. The second-order valence-electron chi connectivity index (χ2n) is 4.86. The van der Waals surface area contributed by atoms with E-state index in [2.05, 4.69) is 25.7 Å². The van der Waals surface area contributed by atoms with E-state index in [0.29, 0.717) is 24.1 Å². The molecule has 0 amide bonds. The largest absolute Gasteiger partial charge is 0.299 e. The van der Waals surface area contributed by atoms with Gasteiger partial charge in [-0.05, 0) is 43.7 Å². The van der Waals surface area contributed by atoms with Gasteiger partial charge in [-0.2, -0.15) is 5.26 Å². The van der Waals surface area contributed by atoms with Gasteiger partial charge in [-0.15, -0.1) is 0 Å². The molecule has 3 heteroatoms. The second kappa shape index (κ2) is 5.79. The van der Waals surface area contributed by atoms with Crippen molar-refractivity contribution in [1.29, 1.82) is 5.26 Å². The van der Waals surface area contributed by atoms with Crippen molar-refractivity contribution in [1.82, 2.24) is 4.90 Å². The Morgan fingerprint density at radius 3 is 2.47 bits per heavy atom. The lowest BCUT2D eigenvalue weighted by Crippen LogP contribution is -2.32. The minimum Gasteiger partial charge on any atom is -0.299 e. The van der Waals surface area contributed by atoms with Crippen LogP contribution in [0.4, 0.5) is 4.39 Å². The molecule has 0 aromatic heterocycles. The third-order valence-corrected chi connectivity index (χ3v) is 3.18. The Hall–Kier alpha value is -1.40. The van der Waals surface area contributed by atoms with Crippen LogP contribution in [0.5, 0.6) is 0 Å². The average molecular weight is 234 g/mol. The van der Waals surface area contributed by atoms with Crippen LogP contribution in [0.2, 0.25) is 0 Å². The van der Waals surface area contributed by atoms with Crippen LogP contribution >= 0.6 is 0 Å². The van der Waals surface area contributed by atoms with Gasteiger partial charge in [0.25, 0.3) is 0 Å². The Balaban J connectivity index is 2.82. The molecule has 2 nitrogen and oxygen atoms in total. The number of rotatable bonds is 4. The van der Waals surface area contributed by atoms with Crippen LogP contribution in [0, 0.1) is 23.1 Å². The number of hydrogen-bond donors (Lipinski definition) is 0. The Morgan fingerprint density at radius 1 is 1.29 bits per heavy atom. The number of halogens is 1. The highest BCUT2D eigenvalue weighted by molar-refractivity contribution is 5.33. The quantitative estimate of drug-likeness (QED) is 0.800. The van der Waals surface area contributed by atoms with E-state index in [-0.39, 0.29) is 5.82 Å². The van der Waals surface area contributed by atoms with Crippen molar-refractivity contribution in [3.8, 4) is 6.07 Å². The van der Waals surface area contributed by atoms with Gasteiger partial charge in [0, 0.05) is 12.6 Å². The highest BCUT2D eigenvalue weighted by atomic mass is 19.1. The van der Waals surface area contributed by atoms with Crippen molar-refractivity contribution in [3.63, 3.8) is 0 Å². The third-order valence-electron chi connectivity index (χ3n) is 3.18. The summed E-state index contributed by atoms with van der Waals surface area (Å²) in [7, 11) is 2.02. The second-order valence-corrected chi connectivity index (χ2v) is 4.86. The summed E-state index contributed by atoms with van der Waals surface area (Å²) >= 11 is 0. The standard InChI is InChI=1S/C14H19FN2/c1-10(2)11(3)17(4)9-13-5-12(8-16)6-14(15)7-13/h5-7,10-11H,9H2,1-4H3. The van der Waals surface area contributed by atoms with E-state index in [1.54, 1.807) is 6.07 Å². The fourth-order valence-electron chi connectivity index (χ4n) is 1.75. The zero-order valence-corrected chi connectivity index (χ0v) is 10.9. The molecule has 1 aromatic carbocycles. The molecule has 0 saturated heterocycles. The third kappa shape index (κ3) is 3.83. The lowest BCUT2D eigenvalue weighted by molar-refractivity contribution is 0.200. The van der Waals surface area contributed by atoms with E-state index < -0.39 is 0 Å². The van der Waals surface area contributed by atoms with Gasteiger partial charge in [0.2, 0.25) is 0 Å². The number of benzene rings is 1. The Morgan fingerprint density at radius 2 is 1.94 bits per heavy atom. The molecule has 1 aromatic rings. The molecule has 0 aliphatic heterocycles. The summed E-state index contributed by atoms with van der Waals surface area (Å²) in [5.41, 5.74) is 1.22. The normalized spacial score (nSPS) is 12.8. The molecule has 17 heavy (non-hydrogen) atoms. The summed E-state index contributed by atoms with van der Waals surface area (Å²) in [6.45, 7) is 7.13. The van der Waals surface area contributed by atoms with E-state index in [0.717, 1.165) is 5.56 Å². The minimum absolute atomic E-state index is 0.343. The van der Waals surface area contributed by atoms with Gasteiger partial charge in [-0.25, -0.2) is 4.39 Å². The molecular formula is C14H19FN2. The van der Waals surface area contributed by atoms with Gasteiger partial charge < -0.3 is 0 Å². The highest BCUT2D eigenvalue weighted by Crippen LogP contribution is 2.14. The van der Waals surface area contributed by atoms with Crippen LogP contribution in [0.1, 0.15) is 31.9 Å². The summed E-state index contributed by atoms with van der Waals surface area (Å²) < 4.78 is 13.3. The topological polar surface area (TPSA) is 27.0 Å². The van der Waals surface area contributed by atoms with Crippen LogP contribution in [-0.4, -0.2) is 18.0 Å². The smallest absolute Gasteiger partial charge is 0.124 e. The predicted molar refractivity (Wildman–Crippen MR) is 66.9 cm³/mol. The average Bonchev–Trinajstić information content (AvgIpc) is 2.26. The molecule has 0 saturated carbocycles. The molecule has 0 N–H and O–H groups in total. The van der Waals surface area contributed by atoms with Gasteiger partial charge in [0.1, 0.15) is 5.82 Å². The van der Waals surface area contributed by atoms with Gasteiger partial charge in [-0.3, -0.25) is 4.90 Å². The molecule has 0 heterocycles. The molecule has 0 aliphatic carbocycles. The first-order valence-electron chi connectivity index (χ1n) is 5.84. The van der Waals surface area contributed by atoms with Crippen molar-refractivity contribution in [2.24, 2.45) is 5.92 Å². The minimum atomic E-state index is -0.343. The van der Waals surface area contributed by atoms with E-state index >= 15 is 0 Å². The first-order valence-corrected chi connectivity index (χ1v) is 5.84. The SMILES string of the molecule is CC(C)C(C)N(C)Cc1cc(F)cc(C#N)c1. The van der Waals surface area contributed by atoms with Crippen LogP contribution in [0.25, 0.3) is 0 Å². The molecule has 1 atom stereocenters. The Bertz CT molecular complexity index is 421. The lowest BCUT2D eigenvalue weighted by Gasteiger charge is -2.27. The fraction of sp³-hybridized carbons (Fsp3) is 0.500. The summed E-state index contributed by atoms with van der Waals surface area (Å²) in [4.78, 5) is 2.17. The van der Waals surface area contributed by atoms with Gasteiger partial charge in [-0.1, -0.05) is 13.8 Å². The molecule has 0 aliphatic rings. The van der Waals surface area contributed by atoms with Crippen molar-refractivity contribution in [2.45, 2.75) is 33.4 Å². The first kappa shape index (κ1) is 13.7. The van der Waals surface area contributed by atoms with Gasteiger partial charge >= 0.3 is 0 Å². The van der Waals surface area contributed by atoms with Crippen LogP contribution in [0.15, 0.2) is 18.2 Å². The van der Waals surface area contributed by atoms with Crippen LogP contribution in [0.3, 0.4) is 0 Å². The van der Waals surface area contributed by atoms with E-state index in [4.69, 9.17) is 5.26 Å².